The van der Waals surface area contributed by atoms with Crippen LogP contribution in [0, 0.1) is 0 Å². The summed E-state index contributed by atoms with van der Waals surface area (Å²) < 4.78 is 76.4. The summed E-state index contributed by atoms with van der Waals surface area (Å²) in [5.41, 5.74) is 4.63. The highest BCUT2D eigenvalue weighted by Crippen LogP contribution is 2.65. The van der Waals surface area contributed by atoms with Crippen molar-refractivity contribution in [2.75, 3.05) is 79.3 Å². The lowest BCUT2D eigenvalue weighted by molar-refractivity contribution is 0.0213. The minimum atomic E-state index is -1.19. The summed E-state index contributed by atoms with van der Waals surface area (Å²) in [6.45, 7) is 14.1. The van der Waals surface area contributed by atoms with E-state index in [1.54, 1.807) is 0 Å². The van der Waals surface area contributed by atoms with Crippen molar-refractivity contribution in [2.45, 2.75) is 81.9 Å². The molecular formula is C57H62O12. The maximum atomic E-state index is 7.33. The molecule has 362 valence electrons. The highest BCUT2D eigenvalue weighted by atomic mass is 16.6. The van der Waals surface area contributed by atoms with Crippen LogP contribution in [0.4, 0.5) is 0 Å². The van der Waals surface area contributed by atoms with Crippen LogP contribution < -0.4 is 18.9 Å². The molecule has 6 aromatic carbocycles. The van der Waals surface area contributed by atoms with E-state index in [2.05, 4.69) is 97.1 Å². The fourth-order valence-corrected chi connectivity index (χ4v) is 9.47. The average molecular weight is 939 g/mol. The highest BCUT2D eigenvalue weighted by Gasteiger charge is 2.53. The number of ether oxygens (including phenoxy) is 12. The number of fused-ring (bicyclic) bond motifs is 5. The third-order valence-corrected chi connectivity index (χ3v) is 13.4. The van der Waals surface area contributed by atoms with E-state index in [1.807, 2.05) is 39.8 Å². The van der Waals surface area contributed by atoms with E-state index in [4.69, 9.17) is 56.8 Å². The summed E-state index contributed by atoms with van der Waals surface area (Å²) in [5.74, 6) is 2.61. The van der Waals surface area contributed by atoms with E-state index in [0.717, 1.165) is 54.9 Å². The van der Waals surface area contributed by atoms with Crippen molar-refractivity contribution in [3.8, 4) is 34.1 Å². The van der Waals surface area contributed by atoms with Crippen molar-refractivity contribution in [1.29, 1.82) is 0 Å². The molecule has 12 nitrogen and oxygen atoms in total. The van der Waals surface area contributed by atoms with Crippen molar-refractivity contribution in [1.82, 2.24) is 0 Å². The first-order chi connectivity index (χ1) is 33.8. The Morgan fingerprint density at radius 1 is 0.435 bits per heavy atom. The van der Waals surface area contributed by atoms with E-state index >= 15 is 0 Å². The second-order valence-corrected chi connectivity index (χ2v) is 19.1. The third-order valence-electron chi connectivity index (χ3n) is 13.4. The van der Waals surface area contributed by atoms with E-state index in [-0.39, 0.29) is 75.3 Å². The molecule has 4 heterocycles. The Hall–Kier alpha value is -5.28. The first-order valence-corrected chi connectivity index (χ1v) is 24.6. The Balaban J connectivity index is 1.17. The predicted octanol–water partition coefficient (Wildman–Crippen LogP) is 9.09. The lowest BCUT2D eigenvalue weighted by Gasteiger charge is -2.39. The Morgan fingerprint density at radius 3 is 1.12 bits per heavy atom. The van der Waals surface area contributed by atoms with Gasteiger partial charge in [0.15, 0.2) is 0 Å². The summed E-state index contributed by atoms with van der Waals surface area (Å²) >= 11 is 0. The molecule has 6 aromatic rings. The molecule has 0 amide bonds. The normalized spacial score (nSPS) is 22.0. The fraction of sp³-hybridized carbons (Fsp3) is 0.439. The SMILES string of the molecule is CC(COc1cc2ccccc2c(OCC(C)OCC2CO2)c1C1(c2c(OCC(C)OCC3CO3)cc3ccccc3c2OCC(C)OCC2CO2)c2ccccc2-c2ccccc21)OCC1CO1. The summed E-state index contributed by atoms with van der Waals surface area (Å²) in [6, 6.07) is 38.3. The van der Waals surface area contributed by atoms with Gasteiger partial charge in [-0.2, -0.15) is 0 Å². The van der Waals surface area contributed by atoms with Crippen LogP contribution in [0.2, 0.25) is 0 Å². The van der Waals surface area contributed by atoms with E-state index in [0.29, 0.717) is 75.9 Å². The monoisotopic (exact) mass is 938 g/mol. The molecule has 11 rings (SSSR count). The zero-order valence-corrected chi connectivity index (χ0v) is 39.9. The van der Waals surface area contributed by atoms with Crippen LogP contribution in [0.1, 0.15) is 49.9 Å². The quantitative estimate of drug-likeness (QED) is 0.0482. The van der Waals surface area contributed by atoms with Crippen LogP contribution >= 0.6 is 0 Å². The van der Waals surface area contributed by atoms with Crippen LogP contribution in [0.25, 0.3) is 32.7 Å². The van der Waals surface area contributed by atoms with E-state index < -0.39 is 5.41 Å². The molecule has 8 atom stereocenters. The van der Waals surface area contributed by atoms with Crippen LogP contribution in [-0.4, -0.2) is 128 Å². The van der Waals surface area contributed by atoms with E-state index in [1.165, 1.54) is 0 Å². The predicted molar refractivity (Wildman–Crippen MR) is 261 cm³/mol. The highest BCUT2D eigenvalue weighted by molar-refractivity contribution is 6.00. The molecule has 0 spiro atoms. The van der Waals surface area contributed by atoms with Gasteiger partial charge < -0.3 is 56.8 Å². The number of rotatable bonds is 26. The largest absolute Gasteiger partial charge is 0.490 e. The summed E-state index contributed by atoms with van der Waals surface area (Å²) in [5, 5.41) is 3.77. The number of hydrogen-bond acceptors (Lipinski definition) is 12. The second-order valence-electron chi connectivity index (χ2n) is 19.1. The molecule has 0 N–H and O–H groups in total. The minimum absolute atomic E-state index is 0.112. The molecule has 0 saturated carbocycles. The van der Waals surface area contributed by atoms with Crippen molar-refractivity contribution in [3.63, 3.8) is 0 Å². The van der Waals surface area contributed by atoms with Gasteiger partial charge in [0.25, 0.3) is 0 Å². The first-order valence-electron chi connectivity index (χ1n) is 24.6. The lowest BCUT2D eigenvalue weighted by Crippen LogP contribution is -2.33. The second kappa shape index (κ2) is 20.2. The smallest absolute Gasteiger partial charge is 0.135 e. The summed E-state index contributed by atoms with van der Waals surface area (Å²) in [6.07, 6.45) is -0.565. The van der Waals surface area contributed by atoms with Crippen molar-refractivity contribution in [3.05, 3.63) is 131 Å². The molecule has 4 aliphatic heterocycles. The Labute approximate surface area is 403 Å². The molecule has 69 heavy (non-hydrogen) atoms. The van der Waals surface area contributed by atoms with Crippen LogP contribution in [-0.2, 0) is 43.3 Å². The molecule has 0 radical (unpaired) electrons. The van der Waals surface area contributed by atoms with Crippen molar-refractivity contribution in [2.24, 2.45) is 0 Å². The van der Waals surface area contributed by atoms with Gasteiger partial charge >= 0.3 is 0 Å². The molecule has 4 fully saturated rings. The van der Waals surface area contributed by atoms with Crippen LogP contribution in [0.3, 0.4) is 0 Å². The van der Waals surface area contributed by atoms with Gasteiger partial charge in [-0.05, 0) is 72.9 Å². The maximum absolute atomic E-state index is 7.33. The van der Waals surface area contributed by atoms with Gasteiger partial charge in [-0.15, -0.1) is 0 Å². The molecule has 1 aliphatic carbocycles. The minimum Gasteiger partial charge on any atom is -0.490 e. The topological polar surface area (TPSA) is 124 Å². The fourth-order valence-electron chi connectivity index (χ4n) is 9.47. The molecule has 4 saturated heterocycles. The summed E-state index contributed by atoms with van der Waals surface area (Å²) in [7, 11) is 0. The molecule has 12 heteroatoms. The van der Waals surface area contributed by atoms with Crippen LogP contribution in [0.15, 0.2) is 109 Å². The molecule has 0 aromatic heterocycles. The lowest BCUT2D eigenvalue weighted by atomic mass is 9.65. The van der Waals surface area contributed by atoms with Gasteiger partial charge in [-0.3, -0.25) is 0 Å². The summed E-state index contributed by atoms with van der Waals surface area (Å²) in [4.78, 5) is 0. The van der Waals surface area contributed by atoms with Crippen molar-refractivity contribution < 1.29 is 56.8 Å². The van der Waals surface area contributed by atoms with Crippen LogP contribution in [0.5, 0.6) is 23.0 Å². The van der Waals surface area contributed by atoms with Gasteiger partial charge in [0, 0.05) is 10.8 Å². The number of hydrogen-bond donors (Lipinski definition) is 0. The molecule has 5 aliphatic rings. The Bertz CT molecular complexity index is 2550. The van der Waals surface area contributed by atoms with Gasteiger partial charge in [-0.25, -0.2) is 0 Å². The third kappa shape index (κ3) is 10.2. The van der Waals surface area contributed by atoms with Crippen molar-refractivity contribution >= 4 is 21.5 Å². The zero-order valence-electron chi connectivity index (χ0n) is 39.9. The average Bonchev–Trinajstić information content (AvgIpc) is 4.13. The first kappa shape index (κ1) is 46.1. The standard InChI is InChI=1S/C57H62O12/c1-35(58-27-41-31-62-41)23-66-51-21-39-13-5-7-15-45(39)55(68-25-37(3)60-29-43-33-64-43)53(51)57(49-19-11-9-17-47(49)48-18-10-12-20-50(48)57)54-52(67-24-36(2)59-28-42-32-63-42)22-40-14-6-8-16-46(40)56(54)69-26-38(4)61-30-44-34-65-44/h5-22,35-38,41-44H,23-34H2,1-4H3. The Kier molecular flexibility index (Phi) is 13.5. The van der Waals surface area contributed by atoms with E-state index in [9.17, 15) is 0 Å². The van der Waals surface area contributed by atoms with Gasteiger partial charge in [0.05, 0.1) is 93.8 Å². The zero-order chi connectivity index (χ0) is 46.9. The molecule has 0 bridgehead atoms. The Morgan fingerprint density at radius 2 is 0.754 bits per heavy atom. The van der Waals surface area contributed by atoms with Gasteiger partial charge in [-0.1, -0.05) is 97.1 Å². The maximum Gasteiger partial charge on any atom is 0.135 e. The molecular weight excluding hydrogens is 877 g/mol. The number of epoxide rings is 4. The molecule has 8 unspecified atom stereocenters. The number of benzene rings is 6. The van der Waals surface area contributed by atoms with Gasteiger partial charge in [0.1, 0.15) is 73.8 Å². The van der Waals surface area contributed by atoms with Gasteiger partial charge in [0.2, 0.25) is 0 Å².